The Kier molecular flexibility index (Phi) is 3.68. The molecule has 1 aliphatic carbocycles. The minimum atomic E-state index is 0.468. The van der Waals surface area contributed by atoms with Crippen LogP contribution in [0.2, 0.25) is 0 Å². The summed E-state index contributed by atoms with van der Waals surface area (Å²) >= 11 is 0. The maximum Gasteiger partial charge on any atom is 0.182 e. The number of hydrogen-bond donors (Lipinski definition) is 0. The Hall–Kier alpha value is 0.0249. The summed E-state index contributed by atoms with van der Waals surface area (Å²) in [6, 6.07) is 0.670. The van der Waals surface area contributed by atoms with E-state index in [4.69, 9.17) is 7.98 Å². The Balaban J connectivity index is 2.04. The third-order valence-corrected chi connectivity index (χ3v) is 4.82. The first-order chi connectivity index (χ1) is 7.62. The highest BCUT2D eigenvalue weighted by Gasteiger charge is 2.55. The van der Waals surface area contributed by atoms with Crippen LogP contribution in [-0.4, -0.2) is 25.4 Å². The minimum absolute atomic E-state index is 0.468. The van der Waals surface area contributed by atoms with Crippen LogP contribution in [-0.2, 0) is 0 Å². The Morgan fingerprint density at radius 2 is 2.00 bits per heavy atom. The van der Waals surface area contributed by atoms with Crippen molar-refractivity contribution < 1.29 is 0 Å². The molecule has 1 aliphatic heterocycles. The summed E-state index contributed by atoms with van der Waals surface area (Å²) in [5.41, 5.74) is 0.468. The normalized spacial score (nSPS) is 37.1. The van der Waals surface area contributed by atoms with Crippen LogP contribution in [0.1, 0.15) is 59.3 Å². The van der Waals surface area contributed by atoms with E-state index in [1.807, 2.05) is 0 Å². The Morgan fingerprint density at radius 1 is 1.25 bits per heavy atom. The van der Waals surface area contributed by atoms with Gasteiger partial charge >= 0.3 is 0 Å². The van der Waals surface area contributed by atoms with Gasteiger partial charge in [-0.1, -0.05) is 40.0 Å². The highest BCUT2D eigenvalue weighted by atomic mass is 15.1. The van der Waals surface area contributed by atoms with Gasteiger partial charge in [-0.25, -0.2) is 0 Å². The van der Waals surface area contributed by atoms with Gasteiger partial charge in [0.2, 0.25) is 0 Å². The highest BCUT2D eigenvalue weighted by Crippen LogP contribution is 2.56. The molecule has 1 nitrogen and oxygen atoms in total. The fourth-order valence-corrected chi connectivity index (χ4v) is 3.99. The Morgan fingerprint density at radius 3 is 2.50 bits per heavy atom. The van der Waals surface area contributed by atoms with Crippen molar-refractivity contribution in [1.29, 1.82) is 0 Å². The van der Waals surface area contributed by atoms with Crippen molar-refractivity contribution >= 4 is 7.98 Å². The van der Waals surface area contributed by atoms with E-state index < -0.39 is 0 Å². The van der Waals surface area contributed by atoms with Crippen molar-refractivity contribution in [2.24, 2.45) is 17.3 Å². The van der Waals surface area contributed by atoms with Crippen molar-refractivity contribution in [3.8, 4) is 0 Å². The maximum atomic E-state index is 6.22. The summed E-state index contributed by atoms with van der Waals surface area (Å²) in [5, 5.41) is 0. The number of hydrogen-bond acceptors (Lipinski definition) is 1. The van der Waals surface area contributed by atoms with Gasteiger partial charge in [-0.3, -0.25) is 0 Å². The molecule has 0 spiro atoms. The molecule has 0 bridgehead atoms. The summed E-state index contributed by atoms with van der Waals surface area (Å²) in [7, 11) is 6.22. The Labute approximate surface area is 102 Å². The second-order valence-electron chi connectivity index (χ2n) is 6.31. The first kappa shape index (κ1) is 12.5. The van der Waals surface area contributed by atoms with E-state index in [0.29, 0.717) is 11.5 Å². The van der Waals surface area contributed by atoms with Crippen LogP contribution in [0.3, 0.4) is 0 Å². The van der Waals surface area contributed by atoms with Crippen molar-refractivity contribution in [1.82, 2.24) is 4.81 Å². The molecule has 1 saturated heterocycles. The summed E-state index contributed by atoms with van der Waals surface area (Å²) in [5.74, 6) is 1.87. The van der Waals surface area contributed by atoms with Gasteiger partial charge in [0.05, 0.1) is 0 Å². The molecule has 1 heterocycles. The largest absolute Gasteiger partial charge is 0.350 e. The van der Waals surface area contributed by atoms with E-state index in [2.05, 4.69) is 25.6 Å². The predicted molar refractivity (Wildman–Crippen MR) is 70.4 cm³/mol. The van der Waals surface area contributed by atoms with E-state index in [1.54, 1.807) is 0 Å². The summed E-state index contributed by atoms with van der Waals surface area (Å²) in [6.45, 7) is 8.24. The fraction of sp³-hybridized carbons (Fsp3) is 1.00. The number of rotatable bonds is 6. The molecule has 0 N–H and O–H groups in total. The lowest BCUT2D eigenvalue weighted by molar-refractivity contribution is 0.121. The Bertz CT molecular complexity index is 241. The van der Waals surface area contributed by atoms with Crippen LogP contribution in [0.15, 0.2) is 0 Å². The van der Waals surface area contributed by atoms with Gasteiger partial charge in [0.25, 0.3) is 0 Å². The number of piperidine rings is 1. The molecule has 0 amide bonds. The van der Waals surface area contributed by atoms with E-state index in [0.717, 1.165) is 18.4 Å². The molecule has 2 aliphatic rings. The number of unbranched alkanes of at least 4 members (excludes halogenated alkanes) is 1. The third kappa shape index (κ3) is 2.18. The van der Waals surface area contributed by atoms with Gasteiger partial charge in [0.1, 0.15) is 0 Å². The summed E-state index contributed by atoms with van der Waals surface area (Å²) < 4.78 is 0. The molecule has 0 aromatic carbocycles. The van der Waals surface area contributed by atoms with Crippen LogP contribution in [0.4, 0.5) is 0 Å². The molecule has 2 heteroatoms. The average Bonchev–Trinajstić information content (AvgIpc) is 2.87. The summed E-state index contributed by atoms with van der Waals surface area (Å²) in [4.78, 5) is 2.17. The molecular weight excluding hydrogens is 193 g/mol. The lowest BCUT2D eigenvalue weighted by Crippen LogP contribution is -2.44. The van der Waals surface area contributed by atoms with Gasteiger partial charge in [-0.2, -0.15) is 0 Å². The second-order valence-corrected chi connectivity index (χ2v) is 6.31. The quantitative estimate of drug-likeness (QED) is 0.619. The molecule has 0 aromatic rings. The lowest BCUT2D eigenvalue weighted by Gasteiger charge is -2.42. The van der Waals surface area contributed by atoms with Gasteiger partial charge in [-0.05, 0) is 43.1 Å². The van der Waals surface area contributed by atoms with Crippen molar-refractivity contribution in [2.45, 2.75) is 65.3 Å². The second kappa shape index (κ2) is 4.72. The molecule has 2 fully saturated rings. The zero-order valence-electron chi connectivity index (χ0n) is 11.2. The predicted octanol–water partition coefficient (Wildman–Crippen LogP) is 3.39. The molecule has 4 unspecified atom stereocenters. The monoisotopic (exact) mass is 219 g/mol. The number of nitrogens with zero attached hydrogens (tertiary/aromatic N) is 1. The first-order valence-corrected chi connectivity index (χ1v) is 7.13. The molecule has 16 heavy (non-hydrogen) atoms. The SMILES string of the molecule is [B]N1CC2CC2C1C(C)(CCC)CCCC. The van der Waals surface area contributed by atoms with Gasteiger partial charge in [-0.15, -0.1) is 0 Å². The topological polar surface area (TPSA) is 3.24 Å². The zero-order chi connectivity index (χ0) is 11.8. The van der Waals surface area contributed by atoms with E-state index in [9.17, 15) is 0 Å². The molecular formula is C14H26BN. The van der Waals surface area contributed by atoms with Crippen molar-refractivity contribution in [3.63, 3.8) is 0 Å². The third-order valence-electron chi connectivity index (χ3n) is 4.82. The minimum Gasteiger partial charge on any atom is -0.350 e. The van der Waals surface area contributed by atoms with Gasteiger partial charge in [0, 0.05) is 6.04 Å². The van der Waals surface area contributed by atoms with Crippen molar-refractivity contribution in [2.75, 3.05) is 6.54 Å². The van der Waals surface area contributed by atoms with E-state index in [-0.39, 0.29) is 0 Å². The molecule has 4 atom stereocenters. The zero-order valence-corrected chi connectivity index (χ0v) is 11.2. The van der Waals surface area contributed by atoms with Crippen LogP contribution in [0.25, 0.3) is 0 Å². The molecule has 0 aromatic heterocycles. The summed E-state index contributed by atoms with van der Waals surface area (Å²) in [6.07, 6.45) is 8.11. The molecule has 2 rings (SSSR count). The average molecular weight is 219 g/mol. The fourth-order valence-electron chi connectivity index (χ4n) is 3.99. The highest BCUT2D eigenvalue weighted by molar-refractivity contribution is 6.05. The van der Waals surface area contributed by atoms with Crippen LogP contribution < -0.4 is 0 Å². The van der Waals surface area contributed by atoms with Gasteiger partial charge in [0.15, 0.2) is 7.98 Å². The smallest absolute Gasteiger partial charge is 0.182 e. The van der Waals surface area contributed by atoms with Gasteiger partial charge < -0.3 is 4.81 Å². The lowest BCUT2D eigenvalue weighted by atomic mass is 9.72. The molecule has 90 valence electrons. The number of fused-ring (bicyclic) bond motifs is 1. The van der Waals surface area contributed by atoms with Crippen molar-refractivity contribution in [3.05, 3.63) is 0 Å². The van der Waals surface area contributed by atoms with Crippen LogP contribution in [0, 0.1) is 17.3 Å². The van der Waals surface area contributed by atoms with Crippen LogP contribution >= 0.6 is 0 Å². The maximum absolute atomic E-state index is 6.22. The van der Waals surface area contributed by atoms with Crippen LogP contribution in [0.5, 0.6) is 0 Å². The molecule has 2 radical (unpaired) electrons. The van der Waals surface area contributed by atoms with E-state index in [1.165, 1.54) is 38.5 Å². The first-order valence-electron chi connectivity index (χ1n) is 7.13. The molecule has 1 saturated carbocycles. The van der Waals surface area contributed by atoms with E-state index >= 15 is 0 Å². The standard InChI is InChI=1S/C14H26BN/c1-4-6-8-14(3,7-5-2)13-12-9-11(12)10-16(13)15/h11-13H,4-10H2,1-3H3.